The lowest BCUT2D eigenvalue weighted by Crippen LogP contribution is -2.51. The van der Waals surface area contributed by atoms with Crippen molar-refractivity contribution < 1.29 is 23.0 Å². The summed E-state index contributed by atoms with van der Waals surface area (Å²) in [5, 5.41) is 10.5. The molecule has 2 atom stereocenters. The Bertz CT molecular complexity index is 522. The lowest BCUT2D eigenvalue weighted by molar-refractivity contribution is -0.250. The fourth-order valence-electron chi connectivity index (χ4n) is 2.61. The molecule has 5 heteroatoms. The second-order valence-corrected chi connectivity index (χ2v) is 5.01. The van der Waals surface area contributed by atoms with E-state index in [4.69, 9.17) is 4.74 Å². The first-order chi connectivity index (χ1) is 9.91. The van der Waals surface area contributed by atoms with E-state index in [1.165, 1.54) is 0 Å². The fraction of sp³-hybridized carbons (Fsp3) is 0.375. The molecule has 1 aromatic carbocycles. The van der Waals surface area contributed by atoms with Crippen molar-refractivity contribution in [1.82, 2.24) is 0 Å². The third-order valence-corrected chi connectivity index (χ3v) is 3.70. The van der Waals surface area contributed by atoms with Gasteiger partial charge in [-0.2, -0.15) is 13.2 Å². The molecule has 0 unspecified atom stereocenters. The first-order valence-corrected chi connectivity index (χ1v) is 6.69. The van der Waals surface area contributed by atoms with Crippen molar-refractivity contribution in [1.29, 1.82) is 0 Å². The van der Waals surface area contributed by atoms with E-state index in [1.807, 2.05) is 0 Å². The Labute approximate surface area is 121 Å². The topological polar surface area (TPSA) is 29.5 Å². The Morgan fingerprint density at radius 2 is 1.90 bits per heavy atom. The van der Waals surface area contributed by atoms with Crippen LogP contribution in [0.5, 0.6) is 0 Å². The van der Waals surface area contributed by atoms with E-state index in [-0.39, 0.29) is 12.0 Å². The molecule has 1 aliphatic rings. The zero-order valence-electron chi connectivity index (χ0n) is 11.4. The average molecular weight is 298 g/mol. The van der Waals surface area contributed by atoms with Crippen molar-refractivity contribution in [3.05, 3.63) is 60.4 Å². The maximum atomic E-state index is 13.6. The van der Waals surface area contributed by atoms with Gasteiger partial charge in [-0.1, -0.05) is 36.4 Å². The van der Waals surface area contributed by atoms with Gasteiger partial charge in [0.05, 0.1) is 12.9 Å². The summed E-state index contributed by atoms with van der Waals surface area (Å²) < 4.78 is 45.8. The minimum atomic E-state index is -4.83. The summed E-state index contributed by atoms with van der Waals surface area (Å²) in [6.07, 6.45) is -2.06. The first-order valence-electron chi connectivity index (χ1n) is 6.69. The van der Waals surface area contributed by atoms with Crippen LogP contribution in [0.25, 0.3) is 0 Å². The number of ether oxygens (including phenoxy) is 1. The fourth-order valence-corrected chi connectivity index (χ4v) is 2.61. The summed E-state index contributed by atoms with van der Waals surface area (Å²) in [5.74, 6) is -1.29. The van der Waals surface area contributed by atoms with Crippen molar-refractivity contribution >= 4 is 0 Å². The predicted molar refractivity (Wildman–Crippen MR) is 73.7 cm³/mol. The van der Waals surface area contributed by atoms with Crippen LogP contribution in [0.4, 0.5) is 13.2 Å². The molecule has 1 heterocycles. The smallest absolute Gasteiger partial charge is 0.422 e. The molecule has 2 rings (SSSR count). The molecule has 1 aromatic rings. The van der Waals surface area contributed by atoms with Crippen molar-refractivity contribution in [3.63, 3.8) is 0 Å². The quantitative estimate of drug-likeness (QED) is 0.853. The van der Waals surface area contributed by atoms with Gasteiger partial charge in [-0.15, -0.1) is 6.58 Å². The molecule has 0 radical (unpaired) electrons. The average Bonchev–Trinajstić information content (AvgIpc) is 2.48. The van der Waals surface area contributed by atoms with Crippen LogP contribution in [0.2, 0.25) is 0 Å². The molecule has 1 N–H and O–H groups in total. The Morgan fingerprint density at radius 1 is 1.24 bits per heavy atom. The highest BCUT2D eigenvalue weighted by Crippen LogP contribution is 2.48. The lowest BCUT2D eigenvalue weighted by atomic mass is 9.75. The SMILES string of the molecule is C=C[C@@H](c1ccccc1)[C@@](O)(C1=COCCC1)C(F)(F)F. The molecule has 0 spiro atoms. The molecular weight excluding hydrogens is 281 g/mol. The van der Waals surface area contributed by atoms with Crippen LogP contribution in [-0.4, -0.2) is 23.5 Å². The molecule has 0 saturated heterocycles. The normalized spacial score (nSPS) is 19.9. The van der Waals surface area contributed by atoms with E-state index >= 15 is 0 Å². The van der Waals surface area contributed by atoms with E-state index in [2.05, 4.69) is 6.58 Å². The number of aliphatic hydroxyl groups is 1. The molecule has 0 saturated carbocycles. The summed E-state index contributed by atoms with van der Waals surface area (Å²) in [4.78, 5) is 0. The van der Waals surface area contributed by atoms with Gasteiger partial charge in [0, 0.05) is 11.5 Å². The van der Waals surface area contributed by atoms with Crippen LogP contribution in [-0.2, 0) is 4.74 Å². The number of halogens is 3. The Morgan fingerprint density at radius 3 is 2.38 bits per heavy atom. The highest BCUT2D eigenvalue weighted by molar-refractivity contribution is 5.36. The third kappa shape index (κ3) is 2.83. The maximum Gasteiger partial charge on any atom is 0.422 e. The van der Waals surface area contributed by atoms with Crippen molar-refractivity contribution in [3.8, 4) is 0 Å². The zero-order valence-corrected chi connectivity index (χ0v) is 11.4. The van der Waals surface area contributed by atoms with Crippen LogP contribution in [0, 0.1) is 0 Å². The van der Waals surface area contributed by atoms with Crippen molar-refractivity contribution in [2.45, 2.75) is 30.5 Å². The van der Waals surface area contributed by atoms with Gasteiger partial charge in [0.1, 0.15) is 0 Å². The summed E-state index contributed by atoms with van der Waals surface area (Å²) in [7, 11) is 0. The molecule has 0 aromatic heterocycles. The van der Waals surface area contributed by atoms with Gasteiger partial charge in [0.25, 0.3) is 0 Å². The van der Waals surface area contributed by atoms with Gasteiger partial charge in [0.15, 0.2) is 5.60 Å². The van der Waals surface area contributed by atoms with Crippen LogP contribution >= 0.6 is 0 Å². The van der Waals surface area contributed by atoms with E-state index in [0.29, 0.717) is 18.6 Å². The summed E-state index contributed by atoms with van der Waals surface area (Å²) in [5.41, 5.74) is -2.80. The summed E-state index contributed by atoms with van der Waals surface area (Å²) in [6, 6.07) is 8.07. The first kappa shape index (κ1) is 15.6. The molecule has 2 nitrogen and oxygen atoms in total. The van der Waals surface area contributed by atoms with E-state index in [9.17, 15) is 18.3 Å². The van der Waals surface area contributed by atoms with E-state index in [1.54, 1.807) is 30.3 Å². The van der Waals surface area contributed by atoms with Crippen molar-refractivity contribution in [2.24, 2.45) is 0 Å². The molecule has 1 aliphatic heterocycles. The second kappa shape index (κ2) is 5.93. The van der Waals surface area contributed by atoms with Gasteiger partial charge in [-0.05, 0) is 18.4 Å². The predicted octanol–water partition coefficient (Wildman–Crippen LogP) is 3.94. The maximum absolute atomic E-state index is 13.6. The third-order valence-electron chi connectivity index (χ3n) is 3.70. The largest absolute Gasteiger partial charge is 0.501 e. The Balaban J connectivity index is 2.53. The van der Waals surface area contributed by atoms with Gasteiger partial charge < -0.3 is 9.84 Å². The summed E-state index contributed by atoms with van der Waals surface area (Å²) in [6.45, 7) is 3.85. The number of alkyl halides is 3. The van der Waals surface area contributed by atoms with E-state index in [0.717, 1.165) is 12.3 Å². The van der Waals surface area contributed by atoms with Crippen molar-refractivity contribution in [2.75, 3.05) is 6.61 Å². The molecule has 0 aliphatic carbocycles. The minimum absolute atomic E-state index is 0.146. The van der Waals surface area contributed by atoms with Crippen LogP contribution in [0.1, 0.15) is 24.3 Å². The lowest BCUT2D eigenvalue weighted by Gasteiger charge is -2.39. The number of hydrogen-bond acceptors (Lipinski definition) is 2. The van der Waals surface area contributed by atoms with Crippen LogP contribution in [0.3, 0.4) is 0 Å². The molecule has 0 bridgehead atoms. The van der Waals surface area contributed by atoms with Gasteiger partial charge in [-0.3, -0.25) is 0 Å². The highest BCUT2D eigenvalue weighted by Gasteiger charge is 2.60. The van der Waals surface area contributed by atoms with Gasteiger partial charge in [0.2, 0.25) is 0 Å². The second-order valence-electron chi connectivity index (χ2n) is 5.01. The molecule has 114 valence electrons. The number of hydrogen-bond donors (Lipinski definition) is 1. The van der Waals surface area contributed by atoms with Gasteiger partial charge >= 0.3 is 6.18 Å². The number of rotatable bonds is 4. The van der Waals surface area contributed by atoms with Crippen LogP contribution in [0.15, 0.2) is 54.8 Å². The van der Waals surface area contributed by atoms with E-state index < -0.39 is 17.7 Å². The zero-order chi connectivity index (χ0) is 15.5. The molecular formula is C16H17F3O2. The molecule has 21 heavy (non-hydrogen) atoms. The molecule has 0 fully saturated rings. The monoisotopic (exact) mass is 298 g/mol. The Hall–Kier alpha value is -1.75. The van der Waals surface area contributed by atoms with Gasteiger partial charge in [-0.25, -0.2) is 0 Å². The standard InChI is InChI=1S/C16H17F3O2/c1-2-14(12-7-4-3-5-8-12)15(20,16(17,18)19)13-9-6-10-21-11-13/h2-5,7-8,11,14,20H,1,6,9-10H2/t14-,15-/m0/s1. The summed E-state index contributed by atoms with van der Waals surface area (Å²) >= 11 is 0. The Kier molecular flexibility index (Phi) is 4.42. The minimum Gasteiger partial charge on any atom is -0.501 e. The highest BCUT2D eigenvalue weighted by atomic mass is 19.4. The molecule has 0 amide bonds. The van der Waals surface area contributed by atoms with Crippen LogP contribution < -0.4 is 0 Å². The number of benzene rings is 1.